The smallest absolute Gasteiger partial charge is 0.198 e. The Morgan fingerprint density at radius 2 is 2.13 bits per heavy atom. The van der Waals surface area contributed by atoms with Crippen molar-refractivity contribution in [3.05, 3.63) is 24.2 Å². The van der Waals surface area contributed by atoms with E-state index < -0.39 is 0 Å². The highest BCUT2D eigenvalue weighted by Gasteiger charge is 2.08. The molecule has 1 N–H and O–H groups in total. The zero-order valence-corrected chi connectivity index (χ0v) is 9.02. The van der Waals surface area contributed by atoms with Gasteiger partial charge in [0, 0.05) is 38.2 Å². The Labute approximate surface area is 88.2 Å². The fraction of sp³-hybridized carbons (Fsp3) is 0.300. The molecule has 0 bridgehead atoms. The van der Waals surface area contributed by atoms with Crippen LogP contribution >= 0.6 is 0 Å². The van der Waals surface area contributed by atoms with Crippen molar-refractivity contribution < 1.29 is 0 Å². The Balaban J connectivity index is 2.53. The summed E-state index contributed by atoms with van der Waals surface area (Å²) in [5.41, 5.74) is 0.923. The van der Waals surface area contributed by atoms with Gasteiger partial charge in [-0.1, -0.05) is 0 Å². The molecule has 0 aliphatic heterocycles. The molecule has 15 heavy (non-hydrogen) atoms. The maximum atomic E-state index is 4.35. The van der Waals surface area contributed by atoms with Crippen molar-refractivity contribution in [2.75, 3.05) is 12.4 Å². The van der Waals surface area contributed by atoms with Gasteiger partial charge in [-0.05, 0) is 6.92 Å². The van der Waals surface area contributed by atoms with E-state index in [1.807, 2.05) is 37.8 Å². The number of hydrogen-bond donors (Lipinski definition) is 1. The van der Waals surface area contributed by atoms with Gasteiger partial charge >= 0.3 is 0 Å². The molecule has 0 unspecified atom stereocenters. The molecule has 0 amide bonds. The summed E-state index contributed by atoms with van der Waals surface area (Å²) in [4.78, 5) is 12.9. The van der Waals surface area contributed by atoms with Crippen molar-refractivity contribution in [1.82, 2.24) is 19.5 Å². The number of hydrogen-bond acceptors (Lipinski definition) is 4. The van der Waals surface area contributed by atoms with Crippen LogP contribution in [0.25, 0.3) is 11.6 Å². The summed E-state index contributed by atoms with van der Waals surface area (Å²) in [6.07, 6.45) is 3.61. The second-order valence-electron chi connectivity index (χ2n) is 3.33. The van der Waals surface area contributed by atoms with Gasteiger partial charge in [-0.3, -0.25) is 0 Å². The van der Waals surface area contributed by atoms with Gasteiger partial charge in [0.15, 0.2) is 11.6 Å². The van der Waals surface area contributed by atoms with Gasteiger partial charge in [0.05, 0.1) is 0 Å². The molecule has 0 saturated heterocycles. The number of aromatic nitrogens is 4. The average molecular weight is 203 g/mol. The van der Waals surface area contributed by atoms with E-state index in [1.54, 1.807) is 6.20 Å². The van der Waals surface area contributed by atoms with Crippen molar-refractivity contribution in [3.8, 4) is 11.6 Å². The predicted molar refractivity (Wildman–Crippen MR) is 58.5 cm³/mol. The van der Waals surface area contributed by atoms with E-state index in [1.165, 1.54) is 0 Å². The molecular weight excluding hydrogens is 190 g/mol. The number of nitrogens with zero attached hydrogens (tertiary/aromatic N) is 4. The predicted octanol–water partition coefficient (Wildman–Crippen LogP) is 1.23. The first-order valence-corrected chi connectivity index (χ1v) is 4.72. The summed E-state index contributed by atoms with van der Waals surface area (Å²) in [5, 5.41) is 3.00. The molecule has 5 nitrogen and oxygen atoms in total. The summed E-state index contributed by atoms with van der Waals surface area (Å²) in [5.74, 6) is 2.22. The highest BCUT2D eigenvalue weighted by molar-refractivity contribution is 5.49. The molecule has 78 valence electrons. The molecule has 2 aromatic rings. The minimum atomic E-state index is 0.645. The molecule has 2 aromatic heterocycles. The molecule has 2 rings (SSSR count). The molecule has 0 radical (unpaired) electrons. The Morgan fingerprint density at radius 3 is 2.73 bits per heavy atom. The lowest BCUT2D eigenvalue weighted by molar-refractivity contribution is 0.903. The van der Waals surface area contributed by atoms with Crippen LogP contribution in [0.2, 0.25) is 0 Å². The summed E-state index contributed by atoms with van der Waals surface area (Å²) < 4.78 is 1.90. The van der Waals surface area contributed by atoms with Gasteiger partial charge in [0.1, 0.15) is 5.82 Å². The summed E-state index contributed by atoms with van der Waals surface area (Å²) in [6.45, 7) is 1.94. The molecular formula is C10H13N5. The second kappa shape index (κ2) is 3.68. The fourth-order valence-corrected chi connectivity index (χ4v) is 1.38. The van der Waals surface area contributed by atoms with E-state index >= 15 is 0 Å². The van der Waals surface area contributed by atoms with Crippen LogP contribution in [0.5, 0.6) is 0 Å². The lowest BCUT2D eigenvalue weighted by Gasteiger charge is -2.04. The van der Waals surface area contributed by atoms with E-state index in [4.69, 9.17) is 0 Å². The number of nitrogens with one attached hydrogen (secondary N) is 1. The maximum Gasteiger partial charge on any atom is 0.198 e. The summed E-state index contributed by atoms with van der Waals surface area (Å²) in [6, 6.07) is 1.90. The molecule has 0 spiro atoms. The molecule has 0 fully saturated rings. The normalized spacial score (nSPS) is 10.3. The van der Waals surface area contributed by atoms with Crippen molar-refractivity contribution in [3.63, 3.8) is 0 Å². The summed E-state index contributed by atoms with van der Waals surface area (Å²) in [7, 11) is 3.76. The van der Waals surface area contributed by atoms with Crippen molar-refractivity contribution in [2.45, 2.75) is 6.92 Å². The summed E-state index contributed by atoms with van der Waals surface area (Å²) >= 11 is 0. The monoisotopic (exact) mass is 203 g/mol. The van der Waals surface area contributed by atoms with Gasteiger partial charge in [-0.25, -0.2) is 15.0 Å². The Hall–Kier alpha value is -1.91. The van der Waals surface area contributed by atoms with Crippen LogP contribution in [-0.4, -0.2) is 26.6 Å². The number of anilines is 1. The fourth-order valence-electron chi connectivity index (χ4n) is 1.38. The standard InChI is InChI=1S/C10H13N5/c1-7-6-8(11-2)14-9(13-7)10-12-4-5-15(10)3/h4-6H,1-3H3,(H,11,13,14). The molecule has 0 aliphatic rings. The van der Waals surface area contributed by atoms with Crippen molar-refractivity contribution >= 4 is 5.82 Å². The van der Waals surface area contributed by atoms with Crippen molar-refractivity contribution in [2.24, 2.45) is 7.05 Å². The largest absolute Gasteiger partial charge is 0.373 e. The van der Waals surface area contributed by atoms with Crippen LogP contribution < -0.4 is 5.32 Å². The number of imidazole rings is 1. The molecule has 0 saturated carbocycles. The van der Waals surface area contributed by atoms with Crippen LogP contribution in [-0.2, 0) is 7.05 Å². The SMILES string of the molecule is CNc1cc(C)nc(-c2nccn2C)n1. The first kappa shape index (κ1) is 9.64. The first-order valence-electron chi connectivity index (χ1n) is 4.72. The van der Waals surface area contributed by atoms with E-state index in [-0.39, 0.29) is 0 Å². The molecule has 0 aliphatic carbocycles. The average Bonchev–Trinajstić information content (AvgIpc) is 2.63. The van der Waals surface area contributed by atoms with E-state index in [2.05, 4.69) is 20.3 Å². The van der Waals surface area contributed by atoms with Gasteiger partial charge in [0.25, 0.3) is 0 Å². The third-order valence-electron chi connectivity index (χ3n) is 2.13. The topological polar surface area (TPSA) is 55.6 Å². The van der Waals surface area contributed by atoms with E-state index in [9.17, 15) is 0 Å². The molecule has 2 heterocycles. The van der Waals surface area contributed by atoms with Crippen LogP contribution in [0.15, 0.2) is 18.5 Å². The lowest BCUT2D eigenvalue weighted by Crippen LogP contribution is -2.01. The maximum absolute atomic E-state index is 4.35. The highest BCUT2D eigenvalue weighted by Crippen LogP contribution is 2.14. The minimum Gasteiger partial charge on any atom is -0.373 e. The highest BCUT2D eigenvalue weighted by atomic mass is 15.1. The van der Waals surface area contributed by atoms with Gasteiger partial charge in [0.2, 0.25) is 0 Å². The van der Waals surface area contributed by atoms with Crippen molar-refractivity contribution in [1.29, 1.82) is 0 Å². The first-order chi connectivity index (χ1) is 7.20. The minimum absolute atomic E-state index is 0.645. The lowest BCUT2D eigenvalue weighted by atomic mass is 10.4. The van der Waals surface area contributed by atoms with Crippen LogP contribution in [0.4, 0.5) is 5.82 Å². The molecule has 0 aromatic carbocycles. The van der Waals surface area contributed by atoms with E-state index in [0.717, 1.165) is 17.3 Å². The Kier molecular flexibility index (Phi) is 2.37. The zero-order valence-electron chi connectivity index (χ0n) is 9.02. The van der Waals surface area contributed by atoms with E-state index in [0.29, 0.717) is 5.82 Å². The molecule has 5 heteroatoms. The Morgan fingerprint density at radius 1 is 1.33 bits per heavy atom. The van der Waals surface area contributed by atoms with Gasteiger partial charge < -0.3 is 9.88 Å². The van der Waals surface area contributed by atoms with Crippen LogP contribution in [0, 0.1) is 6.92 Å². The third-order valence-corrected chi connectivity index (χ3v) is 2.13. The molecule has 0 atom stereocenters. The number of aryl methyl sites for hydroxylation is 2. The quantitative estimate of drug-likeness (QED) is 0.797. The van der Waals surface area contributed by atoms with Crippen LogP contribution in [0.3, 0.4) is 0 Å². The van der Waals surface area contributed by atoms with Crippen LogP contribution in [0.1, 0.15) is 5.69 Å². The zero-order chi connectivity index (χ0) is 10.8. The van der Waals surface area contributed by atoms with Gasteiger partial charge in [-0.2, -0.15) is 0 Å². The second-order valence-corrected chi connectivity index (χ2v) is 3.33. The third kappa shape index (κ3) is 1.81. The number of rotatable bonds is 2. The van der Waals surface area contributed by atoms with Gasteiger partial charge in [-0.15, -0.1) is 0 Å². The Bertz CT molecular complexity index is 474.